The number of halogens is 4. The predicted octanol–water partition coefficient (Wildman–Crippen LogP) is 5.40. The summed E-state index contributed by atoms with van der Waals surface area (Å²) in [4.78, 5) is 26.1. The van der Waals surface area contributed by atoms with E-state index in [1.165, 1.54) is 38.5 Å². The number of carbonyl (C=O) groups excluding carboxylic acids is 2. The van der Waals surface area contributed by atoms with Crippen LogP contribution in [0.5, 0.6) is 17.2 Å². The number of benzene rings is 2. The molecule has 2 aromatic rings. The third-order valence-corrected chi connectivity index (χ3v) is 6.31. The zero-order valence-electron chi connectivity index (χ0n) is 18.4. The third-order valence-electron chi connectivity index (χ3n) is 5.95. The Morgan fingerprint density at radius 2 is 1.76 bits per heavy atom. The summed E-state index contributed by atoms with van der Waals surface area (Å²) in [5.41, 5.74) is -1.98. The van der Waals surface area contributed by atoms with Crippen molar-refractivity contribution in [3.8, 4) is 17.2 Å². The van der Waals surface area contributed by atoms with Crippen molar-refractivity contribution in [2.45, 2.75) is 31.7 Å². The van der Waals surface area contributed by atoms with E-state index in [1.807, 2.05) is 0 Å². The lowest BCUT2D eigenvalue weighted by molar-refractivity contribution is -0.137. The first-order valence-electron chi connectivity index (χ1n) is 10.2. The lowest BCUT2D eigenvalue weighted by atomic mass is 9.75. The van der Waals surface area contributed by atoms with Crippen LogP contribution in [0.2, 0.25) is 5.02 Å². The molecule has 1 heterocycles. The van der Waals surface area contributed by atoms with Gasteiger partial charge in [-0.2, -0.15) is 13.2 Å². The SMILES string of the molecule is COc1cc(OC)c2c(c1Cl)OC1(C2=O)C(OCc2ccc(C(F)(F)F)cc2)=CC(=O)CC1C. The molecule has 0 bridgehead atoms. The highest BCUT2D eigenvalue weighted by Gasteiger charge is 2.60. The summed E-state index contributed by atoms with van der Waals surface area (Å²) in [6.45, 7) is 1.49. The van der Waals surface area contributed by atoms with Gasteiger partial charge in [-0.3, -0.25) is 9.59 Å². The fourth-order valence-corrected chi connectivity index (χ4v) is 4.45. The van der Waals surface area contributed by atoms with Crippen LogP contribution in [0.25, 0.3) is 0 Å². The number of rotatable bonds is 5. The average Bonchev–Trinajstić information content (AvgIpc) is 3.10. The summed E-state index contributed by atoms with van der Waals surface area (Å²) in [5.74, 6) is -0.977. The fraction of sp³-hybridized carbons (Fsp3) is 0.333. The summed E-state index contributed by atoms with van der Waals surface area (Å²) in [6.07, 6.45) is -3.26. The highest BCUT2D eigenvalue weighted by Crippen LogP contribution is 2.54. The van der Waals surface area contributed by atoms with Gasteiger partial charge in [-0.1, -0.05) is 30.7 Å². The van der Waals surface area contributed by atoms with E-state index in [2.05, 4.69) is 0 Å². The summed E-state index contributed by atoms with van der Waals surface area (Å²) in [5, 5.41) is 0.0646. The number of fused-ring (bicyclic) bond motifs is 1. The Morgan fingerprint density at radius 1 is 1.12 bits per heavy atom. The molecule has 0 saturated heterocycles. The van der Waals surface area contributed by atoms with Crippen LogP contribution in [0, 0.1) is 5.92 Å². The van der Waals surface area contributed by atoms with Gasteiger partial charge in [0, 0.05) is 24.5 Å². The average molecular weight is 497 g/mol. The number of ketones is 2. The molecule has 1 aliphatic carbocycles. The van der Waals surface area contributed by atoms with Crippen molar-refractivity contribution in [1.82, 2.24) is 0 Å². The maximum Gasteiger partial charge on any atom is 0.416 e. The first-order chi connectivity index (χ1) is 16.0. The number of allylic oxidation sites excluding steroid dienone is 1. The number of methoxy groups -OCH3 is 2. The van der Waals surface area contributed by atoms with Gasteiger partial charge in [-0.05, 0) is 17.7 Å². The van der Waals surface area contributed by atoms with E-state index in [1.54, 1.807) is 6.92 Å². The number of alkyl halides is 3. The summed E-state index contributed by atoms with van der Waals surface area (Å²) < 4.78 is 61.1. The molecular formula is C24H20ClF3O6. The van der Waals surface area contributed by atoms with Crippen molar-refractivity contribution in [1.29, 1.82) is 0 Å². The lowest BCUT2D eigenvalue weighted by Crippen LogP contribution is -2.51. The Kier molecular flexibility index (Phi) is 6.01. The molecule has 4 rings (SSSR count). The molecule has 2 aliphatic rings. The second-order valence-electron chi connectivity index (χ2n) is 8.03. The smallest absolute Gasteiger partial charge is 0.416 e. The standard InChI is InChI=1S/C24H20ClF3O6/c1-12-8-15(29)9-18(33-11-13-4-6-14(7-5-13)24(26,27)28)23(12)22(30)19-16(31-2)10-17(32-3)20(25)21(19)34-23/h4-7,9-10,12H,8,11H2,1-3H3. The number of hydrogen-bond acceptors (Lipinski definition) is 6. The van der Waals surface area contributed by atoms with E-state index in [0.29, 0.717) is 5.56 Å². The first-order valence-corrected chi connectivity index (χ1v) is 10.6. The van der Waals surface area contributed by atoms with Gasteiger partial charge in [0.2, 0.25) is 11.4 Å². The van der Waals surface area contributed by atoms with Crippen LogP contribution in [0.15, 0.2) is 42.2 Å². The molecule has 2 aromatic carbocycles. The quantitative estimate of drug-likeness (QED) is 0.552. The van der Waals surface area contributed by atoms with Crippen LogP contribution in [0.3, 0.4) is 0 Å². The van der Waals surface area contributed by atoms with Gasteiger partial charge in [0.15, 0.2) is 17.3 Å². The molecule has 2 atom stereocenters. The molecular weight excluding hydrogens is 477 g/mol. The molecule has 1 aliphatic heterocycles. The second kappa shape index (κ2) is 8.54. The van der Waals surface area contributed by atoms with Gasteiger partial charge in [-0.25, -0.2) is 0 Å². The Balaban J connectivity index is 1.71. The van der Waals surface area contributed by atoms with Crippen LogP contribution >= 0.6 is 11.6 Å². The van der Waals surface area contributed by atoms with Crippen molar-refractivity contribution in [3.05, 3.63) is 63.9 Å². The lowest BCUT2D eigenvalue weighted by Gasteiger charge is -2.37. The first kappa shape index (κ1) is 23.9. The number of ether oxygens (including phenoxy) is 4. The molecule has 6 nitrogen and oxygen atoms in total. The summed E-state index contributed by atoms with van der Waals surface area (Å²) in [6, 6.07) is 5.86. The van der Waals surface area contributed by atoms with Crippen molar-refractivity contribution in [3.63, 3.8) is 0 Å². The molecule has 1 spiro atoms. The summed E-state index contributed by atoms with van der Waals surface area (Å²) in [7, 11) is 2.78. The monoisotopic (exact) mass is 496 g/mol. The van der Waals surface area contributed by atoms with E-state index in [4.69, 9.17) is 30.5 Å². The second-order valence-corrected chi connectivity index (χ2v) is 8.41. The van der Waals surface area contributed by atoms with E-state index >= 15 is 0 Å². The summed E-state index contributed by atoms with van der Waals surface area (Å²) >= 11 is 6.42. The molecule has 180 valence electrons. The highest BCUT2D eigenvalue weighted by atomic mass is 35.5. The van der Waals surface area contributed by atoms with Gasteiger partial charge < -0.3 is 18.9 Å². The molecule has 0 amide bonds. The van der Waals surface area contributed by atoms with Crippen LogP contribution < -0.4 is 14.2 Å². The number of hydrogen-bond donors (Lipinski definition) is 0. The van der Waals surface area contributed by atoms with Gasteiger partial charge >= 0.3 is 6.18 Å². The van der Waals surface area contributed by atoms with Crippen LogP contribution in [-0.4, -0.2) is 31.4 Å². The van der Waals surface area contributed by atoms with Crippen molar-refractivity contribution in [2.75, 3.05) is 14.2 Å². The van der Waals surface area contributed by atoms with Gasteiger partial charge in [0.05, 0.1) is 19.8 Å². The number of carbonyl (C=O) groups is 2. The minimum atomic E-state index is -4.47. The van der Waals surface area contributed by atoms with Crippen LogP contribution in [0.4, 0.5) is 13.2 Å². The van der Waals surface area contributed by atoms with E-state index in [9.17, 15) is 22.8 Å². The van der Waals surface area contributed by atoms with E-state index in [-0.39, 0.29) is 52.4 Å². The molecule has 10 heteroatoms. The fourth-order valence-electron chi connectivity index (χ4n) is 4.19. The van der Waals surface area contributed by atoms with Crippen molar-refractivity contribution >= 4 is 23.2 Å². The zero-order chi connectivity index (χ0) is 24.8. The Bertz CT molecular complexity index is 1190. The van der Waals surface area contributed by atoms with Gasteiger partial charge in [0.1, 0.15) is 28.7 Å². The minimum Gasteiger partial charge on any atom is -0.496 e. The van der Waals surface area contributed by atoms with Crippen LogP contribution in [0.1, 0.15) is 34.8 Å². The van der Waals surface area contributed by atoms with Gasteiger partial charge in [-0.15, -0.1) is 0 Å². The molecule has 0 fully saturated rings. The third kappa shape index (κ3) is 3.77. The molecule has 0 radical (unpaired) electrons. The van der Waals surface area contributed by atoms with Crippen LogP contribution in [-0.2, 0) is 22.3 Å². The maximum atomic E-state index is 13.7. The van der Waals surface area contributed by atoms with E-state index < -0.39 is 29.0 Å². The largest absolute Gasteiger partial charge is 0.496 e. The molecule has 2 unspecified atom stereocenters. The Hall–Kier alpha value is -3.20. The normalized spacial score (nSPS) is 21.7. The van der Waals surface area contributed by atoms with E-state index in [0.717, 1.165) is 12.1 Å². The molecule has 0 N–H and O–H groups in total. The number of Topliss-reactive ketones (excluding diaryl/α,β-unsaturated/α-hetero) is 1. The molecule has 0 saturated carbocycles. The topological polar surface area (TPSA) is 71.1 Å². The van der Waals surface area contributed by atoms with Crippen molar-refractivity contribution < 1.29 is 41.7 Å². The zero-order valence-corrected chi connectivity index (χ0v) is 19.2. The predicted molar refractivity (Wildman–Crippen MR) is 115 cm³/mol. The Labute approximate surface area is 198 Å². The maximum absolute atomic E-state index is 13.7. The Morgan fingerprint density at radius 3 is 2.35 bits per heavy atom. The highest BCUT2D eigenvalue weighted by molar-refractivity contribution is 6.35. The minimum absolute atomic E-state index is 0.0178. The molecule has 34 heavy (non-hydrogen) atoms. The van der Waals surface area contributed by atoms with Crippen molar-refractivity contribution in [2.24, 2.45) is 5.92 Å². The van der Waals surface area contributed by atoms with Gasteiger partial charge in [0.25, 0.3) is 0 Å². The molecule has 0 aromatic heterocycles.